The monoisotopic (exact) mass is 438 g/mol. The third kappa shape index (κ3) is 3.40. The molecule has 0 unspecified atom stereocenters. The van der Waals surface area contributed by atoms with Gasteiger partial charge in [-0.2, -0.15) is 0 Å². The van der Waals surface area contributed by atoms with E-state index < -0.39 is 22.8 Å². The fourth-order valence-corrected chi connectivity index (χ4v) is 4.91. The zero-order valence-corrected chi connectivity index (χ0v) is 18.2. The number of aromatic nitrogens is 4. The molecule has 1 aromatic carbocycles. The number of imidazole rings is 1. The third-order valence-electron chi connectivity index (χ3n) is 5.48. The Morgan fingerprint density at radius 1 is 1.19 bits per heavy atom. The summed E-state index contributed by atoms with van der Waals surface area (Å²) >= 11 is 1.32. The van der Waals surface area contributed by atoms with E-state index in [1.807, 2.05) is 30.3 Å². The van der Waals surface area contributed by atoms with Crippen molar-refractivity contribution in [1.82, 2.24) is 18.7 Å². The van der Waals surface area contributed by atoms with Crippen molar-refractivity contribution in [3.05, 3.63) is 81.0 Å². The van der Waals surface area contributed by atoms with Crippen LogP contribution in [0.3, 0.4) is 0 Å². The van der Waals surface area contributed by atoms with Crippen LogP contribution in [0, 0.1) is 6.92 Å². The van der Waals surface area contributed by atoms with Gasteiger partial charge in [-0.1, -0.05) is 41.7 Å². The number of rotatable bonds is 6. The van der Waals surface area contributed by atoms with Crippen LogP contribution >= 0.6 is 11.3 Å². The van der Waals surface area contributed by atoms with Gasteiger partial charge < -0.3 is 5.11 Å². The standard InChI is InChI=1S/C22H22N4O4S/c1-14-16-17(27)26(22(2,3)20(28)29)21(30)25(11-9-15-7-5-4-6-8-15)19(16)31-18(14)24-12-10-23-13-24/h4-8,10,12-13H,9,11H2,1-3H3,(H,28,29). The highest BCUT2D eigenvalue weighted by atomic mass is 32.1. The maximum Gasteiger partial charge on any atom is 0.333 e. The van der Waals surface area contributed by atoms with Gasteiger partial charge in [0.25, 0.3) is 5.56 Å². The number of hydrogen-bond donors (Lipinski definition) is 1. The SMILES string of the molecule is Cc1c(-n2ccnc2)sc2c1c(=O)n(C(C)(C)C(=O)O)c(=O)n2CCc1ccccc1. The van der Waals surface area contributed by atoms with Crippen molar-refractivity contribution in [3.8, 4) is 5.00 Å². The lowest BCUT2D eigenvalue weighted by Gasteiger charge is -2.23. The molecule has 0 radical (unpaired) electrons. The van der Waals surface area contributed by atoms with E-state index in [4.69, 9.17) is 0 Å². The predicted molar refractivity (Wildman–Crippen MR) is 119 cm³/mol. The molecule has 3 aromatic heterocycles. The van der Waals surface area contributed by atoms with Gasteiger partial charge in [0.15, 0.2) is 0 Å². The lowest BCUT2D eigenvalue weighted by atomic mass is 10.1. The molecule has 4 rings (SSSR count). The van der Waals surface area contributed by atoms with Crippen molar-refractivity contribution in [3.63, 3.8) is 0 Å². The molecule has 0 amide bonds. The molecule has 31 heavy (non-hydrogen) atoms. The molecule has 0 aliphatic rings. The van der Waals surface area contributed by atoms with Crippen molar-refractivity contribution in [2.24, 2.45) is 0 Å². The summed E-state index contributed by atoms with van der Waals surface area (Å²) in [5.41, 5.74) is -1.18. The predicted octanol–water partition coefficient (Wildman–Crippen LogP) is 2.78. The molecular formula is C22H22N4O4S. The van der Waals surface area contributed by atoms with Gasteiger partial charge >= 0.3 is 11.7 Å². The van der Waals surface area contributed by atoms with Gasteiger partial charge in [-0.15, -0.1) is 0 Å². The molecule has 4 aromatic rings. The highest BCUT2D eigenvalue weighted by Gasteiger charge is 2.35. The van der Waals surface area contributed by atoms with Crippen LogP contribution in [0.15, 0.2) is 58.6 Å². The largest absolute Gasteiger partial charge is 0.480 e. The molecule has 3 heterocycles. The van der Waals surface area contributed by atoms with Crippen LogP contribution in [0.5, 0.6) is 0 Å². The molecule has 0 bridgehead atoms. The lowest BCUT2D eigenvalue weighted by molar-refractivity contribution is -0.146. The number of carboxylic acids is 1. The molecule has 9 heteroatoms. The van der Waals surface area contributed by atoms with Gasteiger partial charge in [0.05, 0.1) is 11.7 Å². The van der Waals surface area contributed by atoms with Crippen LogP contribution in [-0.2, 0) is 23.3 Å². The topological polar surface area (TPSA) is 99.1 Å². The van der Waals surface area contributed by atoms with E-state index in [0.29, 0.717) is 28.7 Å². The number of benzene rings is 1. The first-order valence-corrected chi connectivity index (χ1v) is 10.6. The van der Waals surface area contributed by atoms with Gasteiger partial charge in [0, 0.05) is 18.9 Å². The summed E-state index contributed by atoms with van der Waals surface area (Å²) in [5, 5.41) is 10.8. The summed E-state index contributed by atoms with van der Waals surface area (Å²) in [7, 11) is 0. The molecule has 0 saturated carbocycles. The van der Waals surface area contributed by atoms with Crippen molar-refractivity contribution < 1.29 is 9.90 Å². The lowest BCUT2D eigenvalue weighted by Crippen LogP contribution is -2.52. The Morgan fingerprint density at radius 3 is 2.52 bits per heavy atom. The average Bonchev–Trinajstić information content (AvgIpc) is 3.36. The number of aliphatic carboxylic acids is 1. The second kappa shape index (κ2) is 7.66. The molecule has 1 N–H and O–H groups in total. The van der Waals surface area contributed by atoms with Crippen LogP contribution in [-0.4, -0.2) is 29.8 Å². The Kier molecular flexibility index (Phi) is 5.14. The molecule has 8 nitrogen and oxygen atoms in total. The normalized spacial score (nSPS) is 11.8. The van der Waals surface area contributed by atoms with Gasteiger partial charge in [-0.05, 0) is 38.3 Å². The molecule has 0 atom stereocenters. The van der Waals surface area contributed by atoms with E-state index in [9.17, 15) is 19.5 Å². The summed E-state index contributed by atoms with van der Waals surface area (Å²) in [6.07, 6.45) is 5.60. The Hall–Kier alpha value is -3.46. The Bertz CT molecular complexity index is 1380. The van der Waals surface area contributed by atoms with E-state index in [1.54, 1.807) is 30.2 Å². The first-order valence-electron chi connectivity index (χ1n) is 9.78. The average molecular weight is 439 g/mol. The van der Waals surface area contributed by atoms with Gasteiger partial charge in [0.2, 0.25) is 0 Å². The van der Waals surface area contributed by atoms with E-state index in [1.165, 1.54) is 29.8 Å². The number of thiophene rings is 1. The minimum absolute atomic E-state index is 0.318. The molecule has 0 aliphatic carbocycles. The van der Waals surface area contributed by atoms with Gasteiger partial charge in [-0.25, -0.2) is 19.1 Å². The van der Waals surface area contributed by atoms with Crippen LogP contribution in [0.1, 0.15) is 25.0 Å². The second-order valence-electron chi connectivity index (χ2n) is 7.86. The number of fused-ring (bicyclic) bond motifs is 1. The highest BCUT2D eigenvalue weighted by Crippen LogP contribution is 2.31. The van der Waals surface area contributed by atoms with E-state index in [2.05, 4.69) is 4.98 Å². The van der Waals surface area contributed by atoms with Crippen molar-refractivity contribution >= 4 is 27.5 Å². The number of aryl methyl sites for hydroxylation is 3. The fraction of sp³-hybridized carbons (Fsp3) is 0.273. The van der Waals surface area contributed by atoms with Crippen LogP contribution in [0.2, 0.25) is 0 Å². The Balaban J connectivity index is 2.01. The first kappa shape index (κ1) is 20.8. The quantitative estimate of drug-likeness (QED) is 0.499. The molecule has 0 spiro atoms. The first-order chi connectivity index (χ1) is 14.7. The van der Waals surface area contributed by atoms with Gasteiger partial charge in [-0.3, -0.25) is 13.9 Å². The molecule has 160 valence electrons. The summed E-state index contributed by atoms with van der Waals surface area (Å²) in [6, 6.07) is 9.71. The second-order valence-corrected chi connectivity index (χ2v) is 8.83. The third-order valence-corrected chi connectivity index (χ3v) is 6.80. The van der Waals surface area contributed by atoms with E-state index >= 15 is 0 Å². The molecule has 0 fully saturated rings. The Labute approximate surface area is 181 Å². The summed E-state index contributed by atoms with van der Waals surface area (Å²) < 4.78 is 4.17. The zero-order valence-electron chi connectivity index (χ0n) is 17.4. The van der Waals surface area contributed by atoms with Crippen LogP contribution in [0.25, 0.3) is 15.2 Å². The van der Waals surface area contributed by atoms with Gasteiger partial charge in [0.1, 0.15) is 15.4 Å². The molecule has 0 aliphatic heterocycles. The summed E-state index contributed by atoms with van der Waals surface area (Å²) in [6.45, 7) is 4.85. The highest BCUT2D eigenvalue weighted by molar-refractivity contribution is 7.21. The van der Waals surface area contributed by atoms with E-state index in [-0.39, 0.29) is 0 Å². The van der Waals surface area contributed by atoms with E-state index in [0.717, 1.165) is 15.1 Å². The number of carbonyl (C=O) groups is 1. The maximum absolute atomic E-state index is 13.4. The summed E-state index contributed by atoms with van der Waals surface area (Å²) in [4.78, 5) is 43.3. The van der Waals surface area contributed by atoms with Crippen LogP contribution in [0.4, 0.5) is 0 Å². The summed E-state index contributed by atoms with van der Waals surface area (Å²) in [5.74, 6) is -1.25. The fourth-order valence-electron chi connectivity index (χ4n) is 3.63. The smallest absolute Gasteiger partial charge is 0.333 e. The number of nitrogens with zero attached hydrogens (tertiary/aromatic N) is 4. The van der Waals surface area contributed by atoms with Crippen molar-refractivity contribution in [2.45, 2.75) is 39.3 Å². The van der Waals surface area contributed by atoms with Crippen LogP contribution < -0.4 is 11.2 Å². The van der Waals surface area contributed by atoms with Crippen molar-refractivity contribution in [1.29, 1.82) is 0 Å². The minimum Gasteiger partial charge on any atom is -0.480 e. The van der Waals surface area contributed by atoms with Crippen molar-refractivity contribution in [2.75, 3.05) is 0 Å². The zero-order chi connectivity index (χ0) is 22.3. The molecule has 0 saturated heterocycles. The number of hydrogen-bond acceptors (Lipinski definition) is 5. The number of carboxylic acid groups (broad SMARTS) is 1. The maximum atomic E-state index is 13.4. The molecular weight excluding hydrogens is 416 g/mol. The minimum atomic E-state index is -1.69. The Morgan fingerprint density at radius 2 is 1.90 bits per heavy atom.